The predicted molar refractivity (Wildman–Crippen MR) is 48.6 cm³/mol. The molecule has 0 aliphatic carbocycles. The van der Waals surface area contributed by atoms with Gasteiger partial charge in [0.25, 0.3) is 0 Å². The van der Waals surface area contributed by atoms with Crippen molar-refractivity contribution in [3.8, 4) is 5.40 Å². The molecule has 0 amide bonds. The number of thiocyanates is 1. The lowest BCUT2D eigenvalue weighted by Gasteiger charge is -2.24. The smallest absolute Gasteiger partial charge is 0.130 e. The van der Waals surface area contributed by atoms with Crippen molar-refractivity contribution in [1.82, 2.24) is 0 Å². The summed E-state index contributed by atoms with van der Waals surface area (Å²) >= 11 is 3.09. The van der Waals surface area contributed by atoms with Crippen molar-refractivity contribution in [2.24, 2.45) is 5.41 Å². The Morgan fingerprint density at radius 3 is 1.50 bits per heavy atom. The van der Waals surface area contributed by atoms with Gasteiger partial charge in [-0.25, -0.2) is 0 Å². The summed E-state index contributed by atoms with van der Waals surface area (Å²) in [5.74, 6) is 0. The molecule has 0 aromatic heterocycles. The van der Waals surface area contributed by atoms with Crippen LogP contribution in [0.4, 0.5) is 0 Å². The number of hydrogen-bond acceptors (Lipinski definition) is 5. The standard InChI is InChI=1S/C6H14O3.CHNS/c1-2-6(3-7,4-8)5-9;2-1-3/h7-9H,2-5H2,1H3;3H. The predicted octanol–water partition coefficient (Wildman–Crippen LogP) is -0.243. The van der Waals surface area contributed by atoms with E-state index in [9.17, 15) is 0 Å². The summed E-state index contributed by atoms with van der Waals surface area (Å²) in [7, 11) is 0. The van der Waals surface area contributed by atoms with Crippen LogP contribution in [0.25, 0.3) is 0 Å². The SMILES string of the molecule is CCC(CO)(CO)CO.N#CS. The Morgan fingerprint density at radius 2 is 1.50 bits per heavy atom. The molecule has 0 bridgehead atoms. The van der Waals surface area contributed by atoms with Gasteiger partial charge in [0.1, 0.15) is 5.40 Å². The molecule has 5 heteroatoms. The maximum atomic E-state index is 8.66. The highest BCUT2D eigenvalue weighted by molar-refractivity contribution is 7.85. The van der Waals surface area contributed by atoms with Crippen molar-refractivity contribution in [3.63, 3.8) is 0 Å². The minimum atomic E-state index is -0.667. The fourth-order valence-corrected chi connectivity index (χ4v) is 0.485. The maximum absolute atomic E-state index is 8.66. The molecule has 0 aromatic carbocycles. The van der Waals surface area contributed by atoms with Gasteiger partial charge in [-0.2, -0.15) is 5.26 Å². The molecule has 0 saturated heterocycles. The highest BCUT2D eigenvalue weighted by Gasteiger charge is 2.24. The Hall–Kier alpha value is -0.280. The number of nitriles is 1. The van der Waals surface area contributed by atoms with E-state index in [4.69, 9.17) is 20.6 Å². The second kappa shape index (κ2) is 8.81. The number of hydrogen-bond donors (Lipinski definition) is 4. The summed E-state index contributed by atoms with van der Waals surface area (Å²) in [6.07, 6.45) is 0.594. The molecule has 0 aromatic rings. The van der Waals surface area contributed by atoms with Gasteiger partial charge in [-0.15, -0.1) is 0 Å². The van der Waals surface area contributed by atoms with Crippen LogP contribution in [-0.2, 0) is 0 Å². The Kier molecular flexibility index (Phi) is 10.5. The third-order valence-electron chi connectivity index (χ3n) is 1.76. The first-order valence-electron chi connectivity index (χ1n) is 3.52. The van der Waals surface area contributed by atoms with Gasteiger partial charge in [-0.05, 0) is 6.42 Å². The second-order valence-corrected chi connectivity index (χ2v) is 2.63. The van der Waals surface area contributed by atoms with Crippen LogP contribution in [0, 0.1) is 16.1 Å². The quantitative estimate of drug-likeness (QED) is 0.366. The lowest BCUT2D eigenvalue weighted by Crippen LogP contribution is -2.32. The van der Waals surface area contributed by atoms with E-state index in [1.54, 1.807) is 0 Å². The summed E-state index contributed by atoms with van der Waals surface area (Å²) < 4.78 is 0. The van der Waals surface area contributed by atoms with Crippen LogP contribution < -0.4 is 0 Å². The first-order valence-corrected chi connectivity index (χ1v) is 3.96. The van der Waals surface area contributed by atoms with Crippen LogP contribution in [0.15, 0.2) is 0 Å². The number of rotatable bonds is 4. The third-order valence-corrected chi connectivity index (χ3v) is 1.76. The van der Waals surface area contributed by atoms with E-state index in [0.29, 0.717) is 6.42 Å². The van der Waals surface area contributed by atoms with Gasteiger partial charge in [-0.1, -0.05) is 19.6 Å². The van der Waals surface area contributed by atoms with Gasteiger partial charge in [0.05, 0.1) is 19.8 Å². The number of aliphatic hydroxyl groups is 3. The van der Waals surface area contributed by atoms with Gasteiger partial charge in [-0.3, -0.25) is 0 Å². The number of aliphatic hydroxyl groups excluding tert-OH is 3. The molecule has 12 heavy (non-hydrogen) atoms. The molecule has 0 rings (SSSR count). The van der Waals surface area contributed by atoms with Gasteiger partial charge in [0.15, 0.2) is 0 Å². The molecule has 0 aliphatic heterocycles. The largest absolute Gasteiger partial charge is 0.396 e. The van der Waals surface area contributed by atoms with E-state index in [-0.39, 0.29) is 19.8 Å². The topological polar surface area (TPSA) is 84.5 Å². The summed E-state index contributed by atoms with van der Waals surface area (Å²) in [6.45, 7) is 1.35. The summed E-state index contributed by atoms with van der Waals surface area (Å²) in [5.41, 5.74) is -0.667. The van der Waals surface area contributed by atoms with Crippen LogP contribution in [0.1, 0.15) is 13.3 Å². The van der Waals surface area contributed by atoms with E-state index >= 15 is 0 Å². The van der Waals surface area contributed by atoms with E-state index in [2.05, 4.69) is 12.6 Å². The molecule has 0 saturated carbocycles. The van der Waals surface area contributed by atoms with Crippen molar-refractivity contribution >= 4 is 12.6 Å². The fraction of sp³-hybridized carbons (Fsp3) is 0.857. The van der Waals surface area contributed by atoms with E-state index in [1.807, 2.05) is 6.92 Å². The van der Waals surface area contributed by atoms with Crippen molar-refractivity contribution in [2.45, 2.75) is 13.3 Å². The van der Waals surface area contributed by atoms with E-state index < -0.39 is 5.41 Å². The first kappa shape index (κ1) is 14.3. The van der Waals surface area contributed by atoms with Crippen molar-refractivity contribution in [2.75, 3.05) is 19.8 Å². The highest BCUT2D eigenvalue weighted by atomic mass is 32.1. The van der Waals surface area contributed by atoms with Crippen molar-refractivity contribution < 1.29 is 15.3 Å². The Morgan fingerprint density at radius 1 is 1.25 bits per heavy atom. The minimum absolute atomic E-state index is 0.156. The average molecular weight is 193 g/mol. The summed E-state index contributed by atoms with van der Waals surface area (Å²) in [4.78, 5) is 0. The average Bonchev–Trinajstić information content (AvgIpc) is 2.11. The van der Waals surface area contributed by atoms with Gasteiger partial charge >= 0.3 is 0 Å². The van der Waals surface area contributed by atoms with Crippen molar-refractivity contribution in [1.29, 1.82) is 5.26 Å². The van der Waals surface area contributed by atoms with E-state index in [0.717, 1.165) is 0 Å². The molecule has 0 fully saturated rings. The van der Waals surface area contributed by atoms with Crippen molar-refractivity contribution in [3.05, 3.63) is 0 Å². The molecule has 0 radical (unpaired) electrons. The molecular weight excluding hydrogens is 178 g/mol. The molecule has 4 nitrogen and oxygen atoms in total. The van der Waals surface area contributed by atoms with Gasteiger partial charge < -0.3 is 15.3 Å². The first-order chi connectivity index (χ1) is 5.66. The molecule has 3 N–H and O–H groups in total. The molecule has 0 spiro atoms. The Labute approximate surface area is 77.9 Å². The highest BCUT2D eigenvalue weighted by Crippen LogP contribution is 2.18. The van der Waals surface area contributed by atoms with Gasteiger partial charge in [0, 0.05) is 5.41 Å². The maximum Gasteiger partial charge on any atom is 0.130 e. The second-order valence-electron chi connectivity index (χ2n) is 2.43. The molecule has 72 valence electrons. The Bertz CT molecular complexity index is 114. The lowest BCUT2D eigenvalue weighted by atomic mass is 9.88. The zero-order valence-corrected chi connectivity index (χ0v) is 7.96. The number of nitrogens with zero attached hydrogens (tertiary/aromatic N) is 1. The molecule has 0 unspecified atom stereocenters. The molecule has 0 atom stereocenters. The minimum Gasteiger partial charge on any atom is -0.396 e. The molecule has 0 heterocycles. The lowest BCUT2D eigenvalue weighted by molar-refractivity contribution is 0.00304. The van der Waals surface area contributed by atoms with E-state index in [1.165, 1.54) is 5.40 Å². The van der Waals surface area contributed by atoms with Crippen LogP contribution in [0.2, 0.25) is 0 Å². The van der Waals surface area contributed by atoms with Crippen LogP contribution >= 0.6 is 12.6 Å². The summed E-state index contributed by atoms with van der Waals surface area (Å²) in [5, 5.41) is 34.6. The zero-order chi connectivity index (χ0) is 10.0. The van der Waals surface area contributed by atoms with Crippen LogP contribution in [0.3, 0.4) is 0 Å². The normalized spacial score (nSPS) is 9.67. The zero-order valence-electron chi connectivity index (χ0n) is 7.06. The summed E-state index contributed by atoms with van der Waals surface area (Å²) in [6, 6.07) is 0. The van der Waals surface area contributed by atoms with Crippen LogP contribution in [-0.4, -0.2) is 35.1 Å². The van der Waals surface area contributed by atoms with Gasteiger partial charge in [0.2, 0.25) is 0 Å². The fourth-order valence-electron chi connectivity index (χ4n) is 0.485. The van der Waals surface area contributed by atoms with Crippen LogP contribution in [0.5, 0.6) is 0 Å². The Balaban J connectivity index is 0. The third kappa shape index (κ3) is 5.38. The molecular formula is C7H15NO3S. The number of thiol groups is 1. The molecule has 0 aliphatic rings. The monoisotopic (exact) mass is 193 g/mol.